The molecule has 2 rings (SSSR count). The first-order chi connectivity index (χ1) is 13.9. The van der Waals surface area contributed by atoms with Gasteiger partial charge in [-0.1, -0.05) is 23.2 Å². The van der Waals surface area contributed by atoms with Gasteiger partial charge in [0.15, 0.2) is 6.61 Å². The van der Waals surface area contributed by atoms with Gasteiger partial charge in [-0.2, -0.15) is 5.26 Å². The fourth-order valence-electron chi connectivity index (χ4n) is 2.15. The first-order valence-corrected chi connectivity index (χ1v) is 9.91. The van der Waals surface area contributed by atoms with E-state index in [1.807, 2.05) is 0 Å². The monoisotopic (exact) mass is 472 g/mol. The van der Waals surface area contributed by atoms with Crippen LogP contribution in [0.4, 0.5) is 11.4 Å². The molecule has 0 bridgehead atoms. The van der Waals surface area contributed by atoms with E-state index in [4.69, 9.17) is 38.3 Å². The van der Waals surface area contributed by atoms with E-state index in [-0.39, 0.29) is 27.0 Å². The molecule has 0 spiro atoms. The van der Waals surface area contributed by atoms with Crippen LogP contribution in [-0.2, 0) is 19.6 Å². The van der Waals surface area contributed by atoms with Crippen LogP contribution < -0.4 is 10.5 Å². The number of halogens is 2. The van der Waals surface area contributed by atoms with Crippen LogP contribution in [0.5, 0.6) is 0 Å². The Kier molecular flexibility index (Phi) is 6.96. The largest absolute Gasteiger partial charge is 0.452 e. The normalized spacial score (nSPS) is 10.7. The number of anilines is 1. The summed E-state index contributed by atoms with van der Waals surface area (Å²) < 4.78 is 27.8. The molecule has 0 saturated heterocycles. The zero-order valence-corrected chi connectivity index (χ0v) is 16.9. The van der Waals surface area contributed by atoms with Crippen LogP contribution >= 0.6 is 23.2 Å². The fraction of sp³-hybridized carbons (Fsp3) is 0.0625. The molecule has 11 nitrogen and oxygen atoms in total. The van der Waals surface area contributed by atoms with Gasteiger partial charge < -0.3 is 10.1 Å². The summed E-state index contributed by atoms with van der Waals surface area (Å²) in [5.74, 6) is -2.01. The smallest absolute Gasteiger partial charge is 0.340 e. The highest BCUT2D eigenvalue weighted by Crippen LogP contribution is 2.28. The van der Waals surface area contributed by atoms with Gasteiger partial charge in [-0.05, 0) is 18.2 Å². The van der Waals surface area contributed by atoms with Crippen molar-refractivity contribution in [1.82, 2.24) is 0 Å². The van der Waals surface area contributed by atoms with E-state index in [2.05, 4.69) is 5.32 Å². The quantitative estimate of drug-likeness (QED) is 0.364. The number of hydrogen-bond acceptors (Lipinski definition) is 8. The number of hydrogen-bond donors (Lipinski definition) is 2. The number of primary sulfonamides is 1. The topological polar surface area (TPSA) is 182 Å². The molecule has 0 aliphatic heterocycles. The summed E-state index contributed by atoms with van der Waals surface area (Å²) in [6.07, 6.45) is 0. The van der Waals surface area contributed by atoms with Gasteiger partial charge in [0, 0.05) is 12.1 Å². The predicted molar refractivity (Wildman–Crippen MR) is 105 cm³/mol. The van der Waals surface area contributed by atoms with E-state index in [0.717, 1.165) is 30.3 Å². The van der Waals surface area contributed by atoms with E-state index < -0.39 is 43.9 Å². The van der Waals surface area contributed by atoms with Crippen LogP contribution in [-0.4, -0.2) is 31.8 Å². The van der Waals surface area contributed by atoms with Crippen molar-refractivity contribution in [1.29, 1.82) is 5.26 Å². The number of amides is 1. The number of nitrogens with two attached hydrogens (primary N) is 1. The van der Waals surface area contributed by atoms with Crippen molar-refractivity contribution in [3.8, 4) is 6.07 Å². The van der Waals surface area contributed by atoms with Crippen LogP contribution in [0, 0.1) is 21.4 Å². The lowest BCUT2D eigenvalue weighted by Gasteiger charge is -2.10. The van der Waals surface area contributed by atoms with Crippen molar-refractivity contribution >= 4 is 56.5 Å². The minimum atomic E-state index is -4.25. The maximum atomic E-state index is 12.2. The Labute approximate surface area is 179 Å². The van der Waals surface area contributed by atoms with Gasteiger partial charge in [-0.3, -0.25) is 14.9 Å². The zero-order chi connectivity index (χ0) is 22.6. The van der Waals surface area contributed by atoms with Gasteiger partial charge in [0.1, 0.15) is 11.0 Å². The number of ether oxygens (including phenoxy) is 1. The van der Waals surface area contributed by atoms with E-state index >= 15 is 0 Å². The van der Waals surface area contributed by atoms with Gasteiger partial charge in [-0.15, -0.1) is 0 Å². The molecule has 0 unspecified atom stereocenters. The molecule has 0 saturated carbocycles. The average molecular weight is 473 g/mol. The Morgan fingerprint density at radius 2 is 1.90 bits per heavy atom. The molecule has 0 heterocycles. The maximum absolute atomic E-state index is 12.2. The molecule has 0 radical (unpaired) electrons. The summed E-state index contributed by atoms with van der Waals surface area (Å²) in [5.41, 5.74) is -0.961. The number of sulfonamides is 1. The predicted octanol–water partition coefficient (Wildman–Crippen LogP) is 2.22. The molecule has 156 valence electrons. The van der Waals surface area contributed by atoms with Crippen LogP contribution in [0.25, 0.3) is 0 Å². The van der Waals surface area contributed by atoms with Crippen molar-refractivity contribution < 1.29 is 27.7 Å². The number of esters is 1. The Morgan fingerprint density at radius 1 is 1.23 bits per heavy atom. The molecular weight excluding hydrogens is 463 g/mol. The number of carbonyl (C=O) groups excluding carboxylic acids is 2. The summed E-state index contributed by atoms with van der Waals surface area (Å²) in [5, 5.41) is 26.5. The summed E-state index contributed by atoms with van der Waals surface area (Å²) in [6, 6.07) is 6.67. The number of nitro benzene ring substituents is 1. The third-order valence-corrected chi connectivity index (χ3v) is 5.18. The number of nitro groups is 1. The highest BCUT2D eigenvalue weighted by molar-refractivity contribution is 7.89. The lowest BCUT2D eigenvalue weighted by Crippen LogP contribution is -2.22. The summed E-state index contributed by atoms with van der Waals surface area (Å²) in [4.78, 5) is 33.6. The molecule has 0 fully saturated rings. The Hall–Kier alpha value is -3.24. The lowest BCUT2D eigenvalue weighted by molar-refractivity contribution is -0.384. The number of rotatable bonds is 6. The zero-order valence-electron chi connectivity index (χ0n) is 14.6. The molecule has 2 aromatic carbocycles. The van der Waals surface area contributed by atoms with Gasteiger partial charge in [-0.25, -0.2) is 18.4 Å². The summed E-state index contributed by atoms with van der Waals surface area (Å²) in [7, 11) is -4.25. The van der Waals surface area contributed by atoms with Crippen LogP contribution in [0.3, 0.4) is 0 Å². The number of nitriles is 1. The van der Waals surface area contributed by atoms with Crippen molar-refractivity contribution in [3.63, 3.8) is 0 Å². The van der Waals surface area contributed by atoms with Crippen molar-refractivity contribution in [2.45, 2.75) is 4.90 Å². The SMILES string of the molecule is N#Cc1cc([N+](=O)[O-])ccc1NC(=O)COC(=O)c1cc(S(N)(=O)=O)c(Cl)cc1Cl. The Balaban J connectivity index is 2.13. The third kappa shape index (κ3) is 5.43. The molecule has 0 aromatic heterocycles. The fourth-order valence-corrected chi connectivity index (χ4v) is 3.54. The minimum absolute atomic E-state index is 0.0369. The summed E-state index contributed by atoms with van der Waals surface area (Å²) >= 11 is 11.6. The standard InChI is InChI=1S/C16H10Cl2N4O7S/c17-11-5-12(18)14(30(20,27)28)4-10(11)16(24)29-7-15(23)21-13-2-1-9(22(25)26)3-8(13)6-19/h1-5H,7H2,(H,21,23)(H2,20,27,28). The molecule has 1 amide bonds. The number of nitrogens with one attached hydrogen (secondary N) is 1. The average Bonchev–Trinajstić information content (AvgIpc) is 2.65. The lowest BCUT2D eigenvalue weighted by atomic mass is 10.1. The molecular formula is C16H10Cl2N4O7S. The molecule has 30 heavy (non-hydrogen) atoms. The van der Waals surface area contributed by atoms with Crippen molar-refractivity contribution in [3.05, 3.63) is 61.6 Å². The van der Waals surface area contributed by atoms with Crippen LogP contribution in [0.2, 0.25) is 10.0 Å². The molecule has 0 atom stereocenters. The molecule has 14 heteroatoms. The van der Waals surface area contributed by atoms with E-state index in [1.54, 1.807) is 6.07 Å². The van der Waals surface area contributed by atoms with E-state index in [9.17, 15) is 28.1 Å². The number of non-ortho nitro benzene ring substituents is 1. The number of carbonyl (C=O) groups is 2. The molecule has 0 aliphatic carbocycles. The van der Waals surface area contributed by atoms with Gasteiger partial charge in [0.25, 0.3) is 11.6 Å². The van der Waals surface area contributed by atoms with Gasteiger partial charge in [0.2, 0.25) is 10.0 Å². The first kappa shape index (κ1) is 23.0. The Morgan fingerprint density at radius 3 is 2.47 bits per heavy atom. The number of benzene rings is 2. The second kappa shape index (κ2) is 9.06. The van der Waals surface area contributed by atoms with Crippen LogP contribution in [0.1, 0.15) is 15.9 Å². The van der Waals surface area contributed by atoms with Crippen molar-refractivity contribution in [2.24, 2.45) is 5.14 Å². The number of nitrogens with zero attached hydrogens (tertiary/aromatic N) is 2. The summed E-state index contributed by atoms with van der Waals surface area (Å²) in [6.45, 7) is -0.829. The Bertz CT molecular complexity index is 1210. The van der Waals surface area contributed by atoms with E-state index in [1.165, 1.54) is 0 Å². The van der Waals surface area contributed by atoms with Crippen molar-refractivity contribution in [2.75, 3.05) is 11.9 Å². The van der Waals surface area contributed by atoms with Gasteiger partial charge >= 0.3 is 5.97 Å². The minimum Gasteiger partial charge on any atom is -0.452 e. The highest BCUT2D eigenvalue weighted by atomic mass is 35.5. The molecule has 2 aromatic rings. The van der Waals surface area contributed by atoms with Gasteiger partial charge in [0.05, 0.1) is 31.8 Å². The second-order valence-electron chi connectivity index (χ2n) is 5.53. The van der Waals surface area contributed by atoms with E-state index in [0.29, 0.717) is 0 Å². The van der Waals surface area contributed by atoms with Crippen LogP contribution in [0.15, 0.2) is 35.2 Å². The second-order valence-corrected chi connectivity index (χ2v) is 7.87. The third-order valence-electron chi connectivity index (χ3n) is 3.49. The highest BCUT2D eigenvalue weighted by Gasteiger charge is 2.21. The first-order valence-electron chi connectivity index (χ1n) is 7.61. The maximum Gasteiger partial charge on any atom is 0.340 e. The molecule has 3 N–H and O–H groups in total. The molecule has 0 aliphatic rings.